The van der Waals surface area contributed by atoms with Crippen LogP contribution in [-0.2, 0) is 14.4 Å². The van der Waals surface area contributed by atoms with Crippen LogP contribution in [0.25, 0.3) is 0 Å². The van der Waals surface area contributed by atoms with Crippen LogP contribution in [0.5, 0.6) is 5.75 Å². The summed E-state index contributed by atoms with van der Waals surface area (Å²) in [5.41, 5.74) is 1.39. The molecule has 0 bridgehead atoms. The lowest BCUT2D eigenvalue weighted by atomic mass is 9.94. The van der Waals surface area contributed by atoms with Gasteiger partial charge in [0.1, 0.15) is 5.75 Å². The summed E-state index contributed by atoms with van der Waals surface area (Å²) in [5, 5.41) is 1.72. The number of imide groups is 1. The summed E-state index contributed by atoms with van der Waals surface area (Å²) in [6.45, 7) is 2.00. The van der Waals surface area contributed by atoms with E-state index in [1.807, 2.05) is 37.3 Å². The largest absolute Gasteiger partial charge is 0.497 e. The van der Waals surface area contributed by atoms with Crippen LogP contribution in [0, 0.1) is 5.92 Å². The Hall–Kier alpha value is -2.86. The molecule has 6 nitrogen and oxygen atoms in total. The Morgan fingerprint density at radius 2 is 1.65 bits per heavy atom. The third-order valence-electron chi connectivity index (χ3n) is 5.00. The smallest absolute Gasteiger partial charge is 0.266 e. The summed E-state index contributed by atoms with van der Waals surface area (Å²) < 4.78 is 5.14. The molecule has 0 saturated carbocycles. The molecule has 2 amide bonds. The van der Waals surface area contributed by atoms with E-state index in [9.17, 15) is 9.59 Å². The molecule has 0 unspecified atom stereocenters. The van der Waals surface area contributed by atoms with E-state index < -0.39 is 12.0 Å². The molecule has 0 radical (unpaired) electrons. The number of anilines is 2. The van der Waals surface area contributed by atoms with Crippen molar-refractivity contribution in [3.63, 3.8) is 0 Å². The predicted molar refractivity (Wildman–Crippen MR) is 96.9 cm³/mol. The fourth-order valence-corrected chi connectivity index (χ4v) is 3.72. The second-order valence-electron chi connectivity index (χ2n) is 6.40. The Bertz CT molecular complexity index is 821. The summed E-state index contributed by atoms with van der Waals surface area (Å²) in [7, 11) is 1.57. The van der Waals surface area contributed by atoms with Gasteiger partial charge in [-0.15, -0.1) is 0 Å². The number of hydrogen-bond donors (Lipinski definition) is 0. The summed E-state index contributed by atoms with van der Waals surface area (Å²) in [6, 6.07) is 16.3. The van der Waals surface area contributed by atoms with Crippen molar-refractivity contribution in [1.82, 2.24) is 0 Å². The molecule has 2 aromatic carbocycles. The molecular weight excluding hydrogens is 332 g/mol. The molecule has 134 valence electrons. The number of carbonyl (C=O) groups is 2. The monoisotopic (exact) mass is 352 g/mol. The van der Waals surface area contributed by atoms with E-state index >= 15 is 0 Å². The van der Waals surface area contributed by atoms with E-state index in [1.165, 1.54) is 4.90 Å². The molecule has 26 heavy (non-hydrogen) atoms. The summed E-state index contributed by atoms with van der Waals surface area (Å²) >= 11 is 0. The highest BCUT2D eigenvalue weighted by Gasteiger charge is 2.59. The lowest BCUT2D eigenvalue weighted by Crippen LogP contribution is -2.40. The van der Waals surface area contributed by atoms with Gasteiger partial charge in [-0.05, 0) is 42.8 Å². The van der Waals surface area contributed by atoms with Gasteiger partial charge in [0, 0.05) is 0 Å². The topological polar surface area (TPSA) is 59.1 Å². The van der Waals surface area contributed by atoms with Crippen molar-refractivity contribution in [3.05, 3.63) is 54.6 Å². The van der Waals surface area contributed by atoms with E-state index in [0.717, 1.165) is 5.69 Å². The van der Waals surface area contributed by atoms with E-state index in [-0.39, 0.29) is 17.9 Å². The van der Waals surface area contributed by atoms with Crippen molar-refractivity contribution in [3.8, 4) is 5.75 Å². The maximum Gasteiger partial charge on any atom is 0.266 e. The molecule has 2 aromatic rings. The summed E-state index contributed by atoms with van der Waals surface area (Å²) in [5.74, 6) is -0.363. The zero-order chi connectivity index (χ0) is 18.3. The normalized spacial score (nSPS) is 24.9. The number of hydroxylamine groups is 1. The number of carbonyl (C=O) groups excluding carboxylic acids is 2. The first-order valence-electron chi connectivity index (χ1n) is 8.68. The highest BCUT2D eigenvalue weighted by atomic mass is 16.7. The molecule has 2 fully saturated rings. The van der Waals surface area contributed by atoms with Gasteiger partial charge in [0.25, 0.3) is 5.91 Å². The van der Waals surface area contributed by atoms with E-state index in [2.05, 4.69) is 0 Å². The van der Waals surface area contributed by atoms with Gasteiger partial charge in [0.15, 0.2) is 6.10 Å². The maximum atomic E-state index is 13.1. The van der Waals surface area contributed by atoms with Gasteiger partial charge in [-0.2, -0.15) is 0 Å². The van der Waals surface area contributed by atoms with Gasteiger partial charge in [0.2, 0.25) is 5.91 Å². The van der Waals surface area contributed by atoms with Crippen molar-refractivity contribution in [2.45, 2.75) is 25.5 Å². The van der Waals surface area contributed by atoms with Gasteiger partial charge in [-0.1, -0.05) is 25.1 Å². The third-order valence-corrected chi connectivity index (χ3v) is 5.00. The lowest BCUT2D eigenvalue weighted by Gasteiger charge is -2.27. The minimum atomic E-state index is -0.783. The number of ether oxygens (including phenoxy) is 1. The minimum absolute atomic E-state index is 0.179. The Labute approximate surface area is 151 Å². The first-order valence-corrected chi connectivity index (χ1v) is 8.68. The fourth-order valence-electron chi connectivity index (χ4n) is 3.72. The summed E-state index contributed by atoms with van der Waals surface area (Å²) in [6.07, 6.45) is -0.0827. The Kier molecular flexibility index (Phi) is 4.12. The molecule has 0 aromatic heterocycles. The van der Waals surface area contributed by atoms with Crippen LogP contribution in [0.15, 0.2) is 54.6 Å². The maximum absolute atomic E-state index is 13.1. The van der Waals surface area contributed by atoms with E-state index in [0.29, 0.717) is 17.9 Å². The number of rotatable bonds is 4. The first kappa shape index (κ1) is 16.6. The zero-order valence-corrected chi connectivity index (χ0v) is 14.7. The molecule has 3 atom stereocenters. The Balaban J connectivity index is 1.64. The van der Waals surface area contributed by atoms with Gasteiger partial charge >= 0.3 is 0 Å². The van der Waals surface area contributed by atoms with Gasteiger partial charge < -0.3 is 4.74 Å². The van der Waals surface area contributed by atoms with Crippen molar-refractivity contribution in [2.75, 3.05) is 17.1 Å². The number of methoxy groups -OCH3 is 1. The van der Waals surface area contributed by atoms with Gasteiger partial charge in [0.05, 0.1) is 30.4 Å². The highest BCUT2D eigenvalue weighted by molar-refractivity contribution is 6.23. The van der Waals surface area contributed by atoms with Crippen LogP contribution < -0.4 is 14.7 Å². The quantitative estimate of drug-likeness (QED) is 0.792. The van der Waals surface area contributed by atoms with Crippen LogP contribution in [0.3, 0.4) is 0 Å². The van der Waals surface area contributed by atoms with E-state index in [1.54, 1.807) is 36.4 Å². The minimum Gasteiger partial charge on any atom is -0.497 e. The first-order chi connectivity index (χ1) is 12.7. The molecule has 2 saturated heterocycles. The number of benzene rings is 2. The van der Waals surface area contributed by atoms with E-state index in [4.69, 9.17) is 9.57 Å². The molecule has 0 aliphatic carbocycles. The van der Waals surface area contributed by atoms with Gasteiger partial charge in [-0.3, -0.25) is 14.4 Å². The Morgan fingerprint density at radius 3 is 2.27 bits per heavy atom. The van der Waals surface area contributed by atoms with Crippen LogP contribution in [0.2, 0.25) is 0 Å². The second-order valence-corrected chi connectivity index (χ2v) is 6.40. The highest BCUT2D eigenvalue weighted by Crippen LogP contribution is 2.41. The predicted octanol–water partition coefficient (Wildman–Crippen LogP) is 2.78. The number of hydrogen-bond acceptors (Lipinski definition) is 5. The average Bonchev–Trinajstić information content (AvgIpc) is 3.19. The molecule has 0 N–H and O–H groups in total. The molecule has 2 heterocycles. The number of amides is 2. The number of fused-ring (bicyclic) bond motifs is 1. The number of para-hydroxylation sites is 1. The van der Waals surface area contributed by atoms with Crippen molar-refractivity contribution in [1.29, 1.82) is 0 Å². The zero-order valence-electron chi connectivity index (χ0n) is 14.7. The molecule has 6 heteroatoms. The number of nitrogens with zero attached hydrogens (tertiary/aromatic N) is 2. The summed E-state index contributed by atoms with van der Waals surface area (Å²) in [4.78, 5) is 33.2. The fraction of sp³-hybridized carbons (Fsp3) is 0.300. The van der Waals surface area contributed by atoms with Crippen molar-refractivity contribution < 1.29 is 19.2 Å². The van der Waals surface area contributed by atoms with Gasteiger partial charge in [-0.25, -0.2) is 9.96 Å². The molecule has 2 aliphatic rings. The lowest BCUT2D eigenvalue weighted by molar-refractivity contribution is -0.126. The third kappa shape index (κ3) is 2.45. The Morgan fingerprint density at radius 1 is 0.962 bits per heavy atom. The standard InChI is InChI=1S/C20H20N2O4/c1-3-16-17-18(26-22(16)14-7-5-4-6-8-14)20(24)21(19(17)23)13-9-11-15(25-2)12-10-13/h4-12,16-18H,3H2,1-2H3/t16-,17+,18+/m1/s1. The van der Waals surface area contributed by atoms with Crippen molar-refractivity contribution >= 4 is 23.2 Å². The average molecular weight is 352 g/mol. The van der Waals surface area contributed by atoms with Crippen LogP contribution >= 0.6 is 0 Å². The molecular formula is C20H20N2O4. The van der Waals surface area contributed by atoms with Crippen LogP contribution in [-0.4, -0.2) is 31.1 Å². The SMILES string of the molecule is CC[C@@H]1[C@@H]2C(=O)N(c3ccc(OC)cc3)C(=O)[C@H]2ON1c1ccccc1. The molecule has 4 rings (SSSR count). The molecule has 2 aliphatic heterocycles. The molecule has 0 spiro atoms. The van der Waals surface area contributed by atoms with Crippen LogP contribution in [0.4, 0.5) is 11.4 Å². The van der Waals surface area contributed by atoms with Crippen molar-refractivity contribution in [2.24, 2.45) is 5.92 Å². The second kappa shape index (κ2) is 6.46. The van der Waals surface area contributed by atoms with Crippen LogP contribution in [0.1, 0.15) is 13.3 Å².